The topological polar surface area (TPSA) is 32.5 Å². The molecule has 3 heteroatoms. The quantitative estimate of drug-likeness (QED) is 0.829. The van der Waals surface area contributed by atoms with Crippen molar-refractivity contribution in [2.45, 2.75) is 70.0 Å². The van der Waals surface area contributed by atoms with Crippen molar-refractivity contribution < 1.29 is 0 Å². The van der Waals surface area contributed by atoms with Crippen molar-refractivity contribution in [3.05, 3.63) is 0 Å². The van der Waals surface area contributed by atoms with Gasteiger partial charge in [0, 0.05) is 31.2 Å². The SMILES string of the molecule is CC1CCCC(N2CCC(N3CCC(N)CC3)C2)C1. The molecule has 1 aliphatic carbocycles. The molecule has 0 spiro atoms. The van der Waals surface area contributed by atoms with E-state index in [4.69, 9.17) is 5.73 Å². The number of hydrogen-bond acceptors (Lipinski definition) is 3. The highest BCUT2D eigenvalue weighted by Gasteiger charge is 2.34. The summed E-state index contributed by atoms with van der Waals surface area (Å²) < 4.78 is 0. The van der Waals surface area contributed by atoms with Gasteiger partial charge in [0.2, 0.25) is 0 Å². The van der Waals surface area contributed by atoms with E-state index in [1.807, 2.05) is 0 Å². The first-order chi connectivity index (χ1) is 9.22. The first kappa shape index (κ1) is 13.8. The highest BCUT2D eigenvalue weighted by Crippen LogP contribution is 2.30. The highest BCUT2D eigenvalue weighted by molar-refractivity contribution is 4.90. The van der Waals surface area contributed by atoms with E-state index in [9.17, 15) is 0 Å². The molecule has 3 unspecified atom stereocenters. The molecule has 3 aliphatic rings. The highest BCUT2D eigenvalue weighted by atomic mass is 15.3. The van der Waals surface area contributed by atoms with E-state index in [1.54, 1.807) is 0 Å². The summed E-state index contributed by atoms with van der Waals surface area (Å²) in [5.74, 6) is 0.950. The summed E-state index contributed by atoms with van der Waals surface area (Å²) in [6.07, 6.45) is 9.59. The Bertz CT molecular complexity index is 286. The normalized spacial score (nSPS) is 39.8. The molecule has 3 nitrogen and oxygen atoms in total. The van der Waals surface area contributed by atoms with E-state index in [1.165, 1.54) is 71.1 Å². The summed E-state index contributed by atoms with van der Waals surface area (Å²) in [6, 6.07) is 2.18. The molecular formula is C16H31N3. The van der Waals surface area contributed by atoms with Crippen LogP contribution in [0.5, 0.6) is 0 Å². The maximum Gasteiger partial charge on any atom is 0.0235 e. The van der Waals surface area contributed by atoms with Gasteiger partial charge >= 0.3 is 0 Å². The Morgan fingerprint density at radius 3 is 2.32 bits per heavy atom. The van der Waals surface area contributed by atoms with E-state index in [-0.39, 0.29) is 0 Å². The van der Waals surface area contributed by atoms with Crippen molar-refractivity contribution in [1.29, 1.82) is 0 Å². The third-order valence-corrected chi connectivity index (χ3v) is 5.71. The van der Waals surface area contributed by atoms with E-state index in [0.29, 0.717) is 6.04 Å². The fourth-order valence-corrected chi connectivity index (χ4v) is 4.42. The second-order valence-electron chi connectivity index (χ2n) is 7.24. The zero-order valence-corrected chi connectivity index (χ0v) is 12.6. The average molecular weight is 265 g/mol. The lowest BCUT2D eigenvalue weighted by atomic mass is 9.86. The Hall–Kier alpha value is -0.120. The fraction of sp³-hybridized carbons (Fsp3) is 1.00. The van der Waals surface area contributed by atoms with Gasteiger partial charge in [-0.1, -0.05) is 19.8 Å². The predicted molar refractivity (Wildman–Crippen MR) is 80.2 cm³/mol. The standard InChI is InChI=1S/C16H31N3/c1-13-3-2-4-15(11-13)19-10-7-16(12-19)18-8-5-14(17)6-9-18/h13-16H,2-12,17H2,1H3. The van der Waals surface area contributed by atoms with Crippen molar-refractivity contribution >= 4 is 0 Å². The van der Waals surface area contributed by atoms with Crippen LogP contribution in [0.25, 0.3) is 0 Å². The minimum Gasteiger partial charge on any atom is -0.328 e. The molecule has 0 aromatic carbocycles. The number of hydrogen-bond donors (Lipinski definition) is 1. The van der Waals surface area contributed by atoms with Gasteiger partial charge in [-0.25, -0.2) is 0 Å². The predicted octanol–water partition coefficient (Wildman–Crippen LogP) is 2.06. The van der Waals surface area contributed by atoms with Crippen LogP contribution in [0, 0.1) is 5.92 Å². The van der Waals surface area contributed by atoms with Gasteiger partial charge in [0.1, 0.15) is 0 Å². The lowest BCUT2D eigenvalue weighted by Gasteiger charge is -2.37. The lowest BCUT2D eigenvalue weighted by Crippen LogP contribution is -2.47. The van der Waals surface area contributed by atoms with E-state index < -0.39 is 0 Å². The number of rotatable bonds is 2. The first-order valence-electron chi connectivity index (χ1n) is 8.46. The zero-order valence-electron chi connectivity index (χ0n) is 12.6. The Morgan fingerprint density at radius 2 is 1.58 bits per heavy atom. The van der Waals surface area contributed by atoms with Gasteiger partial charge in [0.25, 0.3) is 0 Å². The van der Waals surface area contributed by atoms with Gasteiger partial charge < -0.3 is 5.73 Å². The Labute approximate surface area is 118 Å². The molecule has 1 saturated carbocycles. The Balaban J connectivity index is 1.49. The van der Waals surface area contributed by atoms with Gasteiger partial charge in [-0.15, -0.1) is 0 Å². The van der Waals surface area contributed by atoms with Crippen LogP contribution in [0.2, 0.25) is 0 Å². The number of nitrogens with zero attached hydrogens (tertiary/aromatic N) is 2. The van der Waals surface area contributed by atoms with Crippen molar-refractivity contribution in [2.75, 3.05) is 26.2 Å². The molecule has 0 aromatic heterocycles. The Morgan fingerprint density at radius 1 is 0.842 bits per heavy atom. The molecule has 2 N–H and O–H groups in total. The zero-order chi connectivity index (χ0) is 13.2. The minimum atomic E-state index is 0.466. The molecule has 19 heavy (non-hydrogen) atoms. The van der Waals surface area contributed by atoms with Crippen molar-refractivity contribution in [3.8, 4) is 0 Å². The summed E-state index contributed by atoms with van der Waals surface area (Å²) in [5.41, 5.74) is 6.02. The van der Waals surface area contributed by atoms with E-state index >= 15 is 0 Å². The van der Waals surface area contributed by atoms with E-state index in [2.05, 4.69) is 16.7 Å². The lowest BCUT2D eigenvalue weighted by molar-refractivity contribution is 0.125. The fourth-order valence-electron chi connectivity index (χ4n) is 4.42. The summed E-state index contributed by atoms with van der Waals surface area (Å²) in [7, 11) is 0. The molecule has 3 atom stereocenters. The maximum absolute atomic E-state index is 6.02. The molecule has 110 valence electrons. The van der Waals surface area contributed by atoms with Gasteiger partial charge in [0.15, 0.2) is 0 Å². The average Bonchev–Trinajstić information content (AvgIpc) is 2.89. The third-order valence-electron chi connectivity index (χ3n) is 5.71. The van der Waals surface area contributed by atoms with Gasteiger partial charge in [-0.2, -0.15) is 0 Å². The van der Waals surface area contributed by atoms with Gasteiger partial charge in [-0.05, 0) is 51.1 Å². The van der Waals surface area contributed by atoms with Crippen LogP contribution in [0.15, 0.2) is 0 Å². The molecule has 0 amide bonds. The third kappa shape index (κ3) is 3.32. The monoisotopic (exact) mass is 265 g/mol. The molecule has 0 bridgehead atoms. The molecule has 0 aromatic rings. The second kappa shape index (κ2) is 6.11. The van der Waals surface area contributed by atoms with Crippen LogP contribution in [-0.2, 0) is 0 Å². The number of nitrogens with two attached hydrogens (primary N) is 1. The van der Waals surface area contributed by atoms with Crippen LogP contribution >= 0.6 is 0 Å². The van der Waals surface area contributed by atoms with Crippen LogP contribution in [-0.4, -0.2) is 54.1 Å². The van der Waals surface area contributed by atoms with Crippen molar-refractivity contribution in [2.24, 2.45) is 11.7 Å². The second-order valence-corrected chi connectivity index (χ2v) is 7.24. The van der Waals surface area contributed by atoms with Gasteiger partial charge in [0.05, 0.1) is 0 Å². The molecule has 2 heterocycles. The molecule has 3 rings (SSSR count). The summed E-state index contributed by atoms with van der Waals surface area (Å²) >= 11 is 0. The molecule has 2 aliphatic heterocycles. The van der Waals surface area contributed by atoms with Crippen molar-refractivity contribution in [1.82, 2.24) is 9.80 Å². The summed E-state index contributed by atoms with van der Waals surface area (Å²) in [5, 5.41) is 0. The number of likely N-dealkylation sites (tertiary alicyclic amines) is 2. The first-order valence-corrected chi connectivity index (χ1v) is 8.46. The Kier molecular flexibility index (Phi) is 4.45. The minimum absolute atomic E-state index is 0.466. The van der Waals surface area contributed by atoms with Crippen LogP contribution in [0.4, 0.5) is 0 Å². The molecular weight excluding hydrogens is 234 g/mol. The van der Waals surface area contributed by atoms with Crippen LogP contribution < -0.4 is 5.73 Å². The van der Waals surface area contributed by atoms with Crippen LogP contribution in [0.3, 0.4) is 0 Å². The number of piperidine rings is 1. The largest absolute Gasteiger partial charge is 0.328 e. The van der Waals surface area contributed by atoms with Crippen LogP contribution in [0.1, 0.15) is 51.9 Å². The summed E-state index contributed by atoms with van der Waals surface area (Å²) in [6.45, 7) is 7.57. The molecule has 2 saturated heterocycles. The molecule has 3 fully saturated rings. The van der Waals surface area contributed by atoms with Gasteiger partial charge in [-0.3, -0.25) is 9.80 Å². The van der Waals surface area contributed by atoms with E-state index in [0.717, 1.165) is 18.0 Å². The smallest absolute Gasteiger partial charge is 0.0235 e. The summed E-state index contributed by atoms with van der Waals surface area (Å²) in [4.78, 5) is 5.52. The van der Waals surface area contributed by atoms with Crippen molar-refractivity contribution in [3.63, 3.8) is 0 Å². The maximum atomic E-state index is 6.02. The molecule has 0 radical (unpaired) electrons.